The number of hydrogen-bond acceptors (Lipinski definition) is 5. The first-order valence-electron chi connectivity index (χ1n) is 5.79. The van der Waals surface area contributed by atoms with E-state index in [1.165, 1.54) is 12.4 Å². The number of amides is 1. The van der Waals surface area contributed by atoms with Crippen LogP contribution >= 0.6 is 0 Å². The van der Waals surface area contributed by atoms with E-state index in [-0.39, 0.29) is 5.91 Å². The quantitative estimate of drug-likeness (QED) is 0.633. The summed E-state index contributed by atoms with van der Waals surface area (Å²) < 4.78 is 10.3. The summed E-state index contributed by atoms with van der Waals surface area (Å²) in [5.41, 5.74) is 3.41. The summed E-state index contributed by atoms with van der Waals surface area (Å²) in [6.45, 7) is 0. The number of rotatable bonds is 5. The van der Waals surface area contributed by atoms with Crippen LogP contribution < -0.4 is 14.9 Å². The van der Waals surface area contributed by atoms with E-state index in [0.29, 0.717) is 22.8 Å². The summed E-state index contributed by atoms with van der Waals surface area (Å²) in [6.07, 6.45) is 2.97. The molecule has 0 radical (unpaired) electrons. The highest BCUT2D eigenvalue weighted by Crippen LogP contribution is 2.22. The third kappa shape index (κ3) is 3.14. The highest BCUT2D eigenvalue weighted by Gasteiger charge is 2.05. The summed E-state index contributed by atoms with van der Waals surface area (Å²) in [6, 6.07) is 6.85. The first-order valence-corrected chi connectivity index (χ1v) is 5.79. The van der Waals surface area contributed by atoms with Crippen LogP contribution in [0.25, 0.3) is 0 Å². The van der Waals surface area contributed by atoms with Gasteiger partial charge >= 0.3 is 0 Å². The average Bonchev–Trinajstić information content (AvgIpc) is 3.01. The zero-order valence-corrected chi connectivity index (χ0v) is 11.1. The van der Waals surface area contributed by atoms with E-state index >= 15 is 0 Å². The molecular weight excluding hydrogens is 260 g/mol. The van der Waals surface area contributed by atoms with Crippen LogP contribution in [0.1, 0.15) is 16.1 Å². The number of carbonyl (C=O) groups is 1. The normalized spacial score (nSPS) is 10.5. The van der Waals surface area contributed by atoms with Crippen molar-refractivity contribution in [3.63, 3.8) is 0 Å². The Hall–Kier alpha value is -2.83. The monoisotopic (exact) mass is 274 g/mol. The Morgan fingerprint density at radius 3 is 2.85 bits per heavy atom. The predicted molar refractivity (Wildman–Crippen MR) is 73.2 cm³/mol. The van der Waals surface area contributed by atoms with E-state index in [9.17, 15) is 4.79 Å². The Labute approximate surface area is 115 Å². The molecule has 2 aromatic rings. The fourth-order valence-corrected chi connectivity index (χ4v) is 1.54. The van der Waals surface area contributed by atoms with Crippen LogP contribution in [0, 0.1) is 0 Å². The van der Waals surface area contributed by atoms with Gasteiger partial charge < -0.3 is 9.47 Å². The molecule has 7 nitrogen and oxygen atoms in total. The van der Waals surface area contributed by atoms with Crippen molar-refractivity contribution in [2.45, 2.75) is 0 Å². The van der Waals surface area contributed by atoms with Crippen molar-refractivity contribution in [3.8, 4) is 11.5 Å². The summed E-state index contributed by atoms with van der Waals surface area (Å²) in [7, 11) is 3.13. The van der Waals surface area contributed by atoms with Gasteiger partial charge in [0, 0.05) is 11.8 Å². The molecule has 0 saturated carbocycles. The Bertz CT molecular complexity index is 608. The molecule has 0 saturated heterocycles. The molecule has 0 fully saturated rings. The van der Waals surface area contributed by atoms with Gasteiger partial charge in [0.05, 0.1) is 20.4 Å². The molecule has 0 aliphatic rings. The molecule has 0 aliphatic carbocycles. The maximum absolute atomic E-state index is 11.6. The molecule has 1 heterocycles. The molecule has 0 aliphatic heterocycles. The van der Waals surface area contributed by atoms with Gasteiger partial charge in [0.1, 0.15) is 17.2 Å². The van der Waals surface area contributed by atoms with Gasteiger partial charge in [0.25, 0.3) is 5.91 Å². The Kier molecular flexibility index (Phi) is 4.33. The fraction of sp³-hybridized carbons (Fsp3) is 0.154. The minimum atomic E-state index is -0.374. The number of nitrogens with zero attached hydrogens (tertiary/aromatic N) is 2. The number of H-pyrrole nitrogens is 1. The summed E-state index contributed by atoms with van der Waals surface area (Å²) in [4.78, 5) is 11.6. The van der Waals surface area contributed by atoms with Crippen molar-refractivity contribution in [1.29, 1.82) is 0 Å². The number of hydrogen-bond donors (Lipinski definition) is 2. The first-order chi connectivity index (χ1) is 9.74. The number of aromatic nitrogens is 2. The second kappa shape index (κ2) is 6.37. The highest BCUT2D eigenvalue weighted by atomic mass is 16.5. The summed E-state index contributed by atoms with van der Waals surface area (Å²) in [5, 5.41) is 10.1. The van der Waals surface area contributed by atoms with Crippen molar-refractivity contribution in [3.05, 3.63) is 41.7 Å². The maximum Gasteiger partial charge on any atom is 0.289 e. The van der Waals surface area contributed by atoms with Crippen molar-refractivity contribution in [2.75, 3.05) is 14.2 Å². The van der Waals surface area contributed by atoms with Crippen LogP contribution in [-0.2, 0) is 0 Å². The van der Waals surface area contributed by atoms with Gasteiger partial charge in [-0.1, -0.05) is 0 Å². The molecule has 1 amide bonds. The molecule has 104 valence electrons. The minimum Gasteiger partial charge on any atom is -0.497 e. The van der Waals surface area contributed by atoms with E-state index in [4.69, 9.17) is 9.47 Å². The Balaban J connectivity index is 2.09. The van der Waals surface area contributed by atoms with Gasteiger partial charge in [-0.3, -0.25) is 9.89 Å². The number of methoxy groups -OCH3 is 2. The topological polar surface area (TPSA) is 88.6 Å². The lowest BCUT2D eigenvalue weighted by Gasteiger charge is -2.06. The van der Waals surface area contributed by atoms with E-state index in [1.807, 2.05) is 0 Å². The molecule has 20 heavy (non-hydrogen) atoms. The van der Waals surface area contributed by atoms with E-state index in [0.717, 1.165) is 0 Å². The number of carbonyl (C=O) groups excluding carboxylic acids is 1. The lowest BCUT2D eigenvalue weighted by atomic mass is 10.2. The summed E-state index contributed by atoms with van der Waals surface area (Å²) >= 11 is 0. The van der Waals surface area contributed by atoms with Gasteiger partial charge in [-0.25, -0.2) is 5.43 Å². The largest absolute Gasteiger partial charge is 0.497 e. The average molecular weight is 274 g/mol. The van der Waals surface area contributed by atoms with Crippen molar-refractivity contribution < 1.29 is 14.3 Å². The van der Waals surface area contributed by atoms with E-state index in [2.05, 4.69) is 20.7 Å². The molecule has 0 spiro atoms. The van der Waals surface area contributed by atoms with Gasteiger partial charge in [-0.15, -0.1) is 0 Å². The molecule has 1 aromatic heterocycles. The Morgan fingerprint density at radius 2 is 2.20 bits per heavy atom. The summed E-state index contributed by atoms with van der Waals surface area (Å²) in [5.74, 6) is 0.929. The highest BCUT2D eigenvalue weighted by molar-refractivity contribution is 5.93. The van der Waals surface area contributed by atoms with Crippen LogP contribution in [0.4, 0.5) is 0 Å². The number of hydrazone groups is 1. The molecule has 0 unspecified atom stereocenters. The van der Waals surface area contributed by atoms with Crippen LogP contribution in [0.15, 0.2) is 35.6 Å². The van der Waals surface area contributed by atoms with Crippen molar-refractivity contribution in [2.24, 2.45) is 5.10 Å². The van der Waals surface area contributed by atoms with Gasteiger partial charge in [0.15, 0.2) is 0 Å². The predicted octanol–water partition coefficient (Wildman–Crippen LogP) is 1.19. The molecule has 0 bridgehead atoms. The molecule has 0 atom stereocenters. The van der Waals surface area contributed by atoms with Gasteiger partial charge in [-0.05, 0) is 24.3 Å². The maximum atomic E-state index is 11.6. The molecule has 2 rings (SSSR count). The van der Waals surface area contributed by atoms with Crippen LogP contribution in [0.3, 0.4) is 0 Å². The third-order valence-electron chi connectivity index (χ3n) is 2.55. The lowest BCUT2D eigenvalue weighted by Crippen LogP contribution is -2.18. The van der Waals surface area contributed by atoms with Gasteiger partial charge in [-0.2, -0.15) is 10.2 Å². The van der Waals surface area contributed by atoms with Crippen LogP contribution in [0.2, 0.25) is 0 Å². The number of ether oxygens (including phenoxy) is 2. The third-order valence-corrected chi connectivity index (χ3v) is 2.55. The second-order valence-corrected chi connectivity index (χ2v) is 3.78. The van der Waals surface area contributed by atoms with E-state index < -0.39 is 0 Å². The fourth-order valence-electron chi connectivity index (χ4n) is 1.54. The molecule has 1 aromatic carbocycles. The number of benzene rings is 1. The van der Waals surface area contributed by atoms with Crippen molar-refractivity contribution in [1.82, 2.24) is 15.6 Å². The lowest BCUT2D eigenvalue weighted by molar-refractivity contribution is 0.0950. The van der Waals surface area contributed by atoms with Gasteiger partial charge in [0.2, 0.25) is 0 Å². The number of nitrogens with one attached hydrogen (secondary N) is 2. The van der Waals surface area contributed by atoms with Crippen LogP contribution in [-0.4, -0.2) is 36.5 Å². The smallest absolute Gasteiger partial charge is 0.289 e. The minimum absolute atomic E-state index is 0.333. The molecule has 7 heteroatoms. The molecule has 2 N–H and O–H groups in total. The second-order valence-electron chi connectivity index (χ2n) is 3.78. The first kappa shape index (κ1) is 13.6. The van der Waals surface area contributed by atoms with Crippen LogP contribution in [0.5, 0.6) is 11.5 Å². The zero-order valence-electron chi connectivity index (χ0n) is 11.1. The number of aromatic amines is 1. The SMILES string of the molecule is COc1ccc(OC)c(/C=N\NC(=O)c2ccn[nH]2)c1. The zero-order chi connectivity index (χ0) is 14.4. The standard InChI is InChI=1S/C13H14N4O3/c1-19-10-3-4-12(20-2)9(7-10)8-15-17-13(18)11-5-6-14-16-11/h3-8H,1-2H3,(H,14,16)(H,17,18)/b15-8-. The Morgan fingerprint density at radius 1 is 1.35 bits per heavy atom. The van der Waals surface area contributed by atoms with Crippen molar-refractivity contribution >= 4 is 12.1 Å². The van der Waals surface area contributed by atoms with E-state index in [1.54, 1.807) is 38.5 Å². The molecular formula is C13H14N4O3.